The number of amides is 2. The molecule has 0 saturated carbocycles. The second-order valence-corrected chi connectivity index (χ2v) is 7.71. The molecule has 184 valence electrons. The molecule has 0 bridgehead atoms. The third-order valence-corrected chi connectivity index (χ3v) is 5.23. The lowest BCUT2D eigenvalue weighted by atomic mass is 10.1. The average molecular weight is 490 g/mol. The number of hydrogen-bond acceptors (Lipinski definition) is 8. The Balaban J connectivity index is 1.35. The number of anilines is 2. The molecule has 10 nitrogen and oxygen atoms in total. The van der Waals surface area contributed by atoms with Gasteiger partial charge in [-0.15, -0.1) is 0 Å². The van der Waals surface area contributed by atoms with Crippen LogP contribution in [0.25, 0.3) is 0 Å². The molecule has 0 atom stereocenters. The first-order chi connectivity index (χ1) is 16.7. The fourth-order valence-electron chi connectivity index (χ4n) is 3.40. The molecule has 1 aromatic carbocycles. The molecule has 1 aliphatic rings. The minimum absolute atomic E-state index is 0.0361. The number of alkyl halides is 3. The predicted molar refractivity (Wildman–Crippen MR) is 117 cm³/mol. The van der Waals surface area contributed by atoms with Gasteiger partial charge in [0.05, 0.1) is 25.3 Å². The van der Waals surface area contributed by atoms with Gasteiger partial charge in [0.15, 0.2) is 0 Å². The van der Waals surface area contributed by atoms with Crippen LogP contribution in [0.4, 0.5) is 24.7 Å². The number of carbonyl (C=O) groups excluding carboxylic acids is 2. The van der Waals surface area contributed by atoms with E-state index >= 15 is 0 Å². The summed E-state index contributed by atoms with van der Waals surface area (Å²) in [5.41, 5.74) is -0.459. The van der Waals surface area contributed by atoms with Gasteiger partial charge in [0.1, 0.15) is 23.5 Å². The molecule has 2 N–H and O–H groups in total. The molecule has 3 aromatic rings. The second-order valence-electron chi connectivity index (χ2n) is 7.71. The third kappa shape index (κ3) is 5.93. The van der Waals surface area contributed by atoms with E-state index in [-0.39, 0.29) is 34.9 Å². The zero-order chi connectivity index (χ0) is 25.0. The highest BCUT2D eigenvalue weighted by Gasteiger charge is 2.32. The molecule has 1 fully saturated rings. The highest BCUT2D eigenvalue weighted by Crippen LogP contribution is 2.33. The number of halogens is 3. The molecule has 0 radical (unpaired) electrons. The molecule has 0 unspecified atom stereocenters. The second kappa shape index (κ2) is 10.1. The topological polar surface area (TPSA) is 122 Å². The summed E-state index contributed by atoms with van der Waals surface area (Å²) in [6.45, 7) is 3.72. The number of benzene rings is 1. The highest BCUT2D eigenvalue weighted by molar-refractivity contribution is 6.02. The lowest BCUT2D eigenvalue weighted by Gasteiger charge is -2.27. The summed E-state index contributed by atoms with van der Waals surface area (Å²) in [5.74, 6) is -0.869. The van der Waals surface area contributed by atoms with E-state index in [1.165, 1.54) is 31.5 Å². The van der Waals surface area contributed by atoms with Crippen LogP contribution in [-0.4, -0.2) is 53.2 Å². The van der Waals surface area contributed by atoms with Crippen LogP contribution >= 0.6 is 0 Å². The molecular weight excluding hydrogens is 469 g/mol. The van der Waals surface area contributed by atoms with Crippen LogP contribution in [0.3, 0.4) is 0 Å². The van der Waals surface area contributed by atoms with Crippen molar-refractivity contribution in [3.8, 4) is 0 Å². The highest BCUT2D eigenvalue weighted by atomic mass is 19.4. The van der Waals surface area contributed by atoms with Crippen molar-refractivity contribution in [2.75, 3.05) is 36.5 Å². The van der Waals surface area contributed by atoms with Gasteiger partial charge in [-0.25, -0.2) is 9.97 Å². The molecule has 13 heteroatoms. The first-order valence-electron chi connectivity index (χ1n) is 10.6. The maximum Gasteiger partial charge on any atom is 0.416 e. The number of aryl methyl sites for hydroxylation is 1. The number of morpholine rings is 1. The number of hydrogen-bond donors (Lipinski definition) is 2. The molecular formula is C22H21F3N6O4. The number of nitrogens with zero attached hydrogens (tertiary/aromatic N) is 4. The van der Waals surface area contributed by atoms with E-state index in [4.69, 9.17) is 9.26 Å². The van der Waals surface area contributed by atoms with E-state index in [0.717, 1.165) is 6.07 Å². The zero-order valence-corrected chi connectivity index (χ0v) is 18.6. The van der Waals surface area contributed by atoms with Crippen molar-refractivity contribution in [1.29, 1.82) is 0 Å². The lowest BCUT2D eigenvalue weighted by Crippen LogP contribution is -2.37. The molecule has 35 heavy (non-hydrogen) atoms. The van der Waals surface area contributed by atoms with E-state index in [1.807, 2.05) is 4.90 Å². The predicted octanol–water partition coefficient (Wildman–Crippen LogP) is 2.81. The van der Waals surface area contributed by atoms with Gasteiger partial charge < -0.3 is 24.8 Å². The van der Waals surface area contributed by atoms with Gasteiger partial charge >= 0.3 is 6.18 Å². The maximum atomic E-state index is 13.1. The molecule has 1 saturated heterocycles. The molecule has 1 aliphatic heterocycles. The normalized spacial score (nSPS) is 14.0. The third-order valence-electron chi connectivity index (χ3n) is 5.23. The number of rotatable bonds is 6. The smallest absolute Gasteiger partial charge is 0.378 e. The van der Waals surface area contributed by atoms with Crippen LogP contribution in [0.1, 0.15) is 37.9 Å². The summed E-state index contributed by atoms with van der Waals surface area (Å²) >= 11 is 0. The number of nitrogens with one attached hydrogen (secondary N) is 2. The van der Waals surface area contributed by atoms with Crippen molar-refractivity contribution in [1.82, 2.24) is 20.4 Å². The Morgan fingerprint density at radius 3 is 2.60 bits per heavy atom. The van der Waals surface area contributed by atoms with Gasteiger partial charge in [-0.1, -0.05) is 11.2 Å². The quantitative estimate of drug-likeness (QED) is 0.541. The Morgan fingerprint density at radius 2 is 1.86 bits per heavy atom. The summed E-state index contributed by atoms with van der Waals surface area (Å²) in [4.78, 5) is 35.0. The maximum absolute atomic E-state index is 13.1. The van der Waals surface area contributed by atoms with Crippen LogP contribution < -0.4 is 15.5 Å². The summed E-state index contributed by atoms with van der Waals surface area (Å²) < 4.78 is 49.6. The van der Waals surface area contributed by atoms with Crippen LogP contribution in [0, 0.1) is 6.92 Å². The standard InChI is InChI=1S/C22H21F3N6O4/c1-13-2-3-14(8-16(13)22(23,24)25)29-21(33)18-9-15(30-35-18)11-26-20(32)17-10-19(28-12-27-17)31-4-6-34-7-5-31/h2-3,8-10,12H,4-7,11H2,1H3,(H,26,32)(H,29,33). The number of carbonyl (C=O) groups is 2. The Hall–Kier alpha value is -4.00. The number of ether oxygens (including phenoxy) is 1. The molecule has 0 spiro atoms. The van der Waals surface area contributed by atoms with E-state index in [9.17, 15) is 22.8 Å². The van der Waals surface area contributed by atoms with Gasteiger partial charge in [-0.05, 0) is 24.6 Å². The largest absolute Gasteiger partial charge is 0.416 e. The Morgan fingerprint density at radius 1 is 1.09 bits per heavy atom. The Kier molecular flexibility index (Phi) is 6.96. The summed E-state index contributed by atoms with van der Waals surface area (Å²) in [7, 11) is 0. The minimum atomic E-state index is -4.55. The summed E-state index contributed by atoms with van der Waals surface area (Å²) in [6.07, 6.45) is -3.25. The van der Waals surface area contributed by atoms with E-state index in [2.05, 4.69) is 25.8 Å². The Labute approximate surface area is 197 Å². The van der Waals surface area contributed by atoms with Gasteiger partial charge in [-0.2, -0.15) is 13.2 Å². The van der Waals surface area contributed by atoms with Crippen molar-refractivity contribution in [3.63, 3.8) is 0 Å². The lowest BCUT2D eigenvalue weighted by molar-refractivity contribution is -0.138. The van der Waals surface area contributed by atoms with Crippen molar-refractivity contribution in [2.24, 2.45) is 0 Å². The van der Waals surface area contributed by atoms with Gasteiger partial charge in [0, 0.05) is 30.9 Å². The van der Waals surface area contributed by atoms with Crippen molar-refractivity contribution in [3.05, 3.63) is 64.9 Å². The minimum Gasteiger partial charge on any atom is -0.378 e. The van der Waals surface area contributed by atoms with Gasteiger partial charge in [0.2, 0.25) is 5.76 Å². The first-order valence-corrected chi connectivity index (χ1v) is 10.6. The van der Waals surface area contributed by atoms with Gasteiger partial charge in [0.25, 0.3) is 11.8 Å². The molecule has 0 aliphatic carbocycles. The first kappa shape index (κ1) is 24.1. The van der Waals surface area contributed by atoms with E-state index < -0.39 is 23.6 Å². The van der Waals surface area contributed by atoms with Crippen molar-refractivity contribution in [2.45, 2.75) is 19.6 Å². The molecule has 3 heterocycles. The summed E-state index contributed by atoms with van der Waals surface area (Å²) in [6, 6.07) is 6.31. The molecule has 4 rings (SSSR count). The zero-order valence-electron chi connectivity index (χ0n) is 18.6. The van der Waals surface area contributed by atoms with Crippen molar-refractivity contribution < 1.29 is 32.0 Å². The number of aromatic nitrogens is 3. The average Bonchev–Trinajstić information content (AvgIpc) is 3.33. The van der Waals surface area contributed by atoms with Crippen molar-refractivity contribution >= 4 is 23.3 Å². The van der Waals surface area contributed by atoms with Crippen LogP contribution in [0.5, 0.6) is 0 Å². The fraction of sp³-hybridized carbons (Fsp3) is 0.318. The van der Waals surface area contributed by atoms with Gasteiger partial charge in [-0.3, -0.25) is 9.59 Å². The monoisotopic (exact) mass is 490 g/mol. The summed E-state index contributed by atoms with van der Waals surface area (Å²) in [5, 5.41) is 8.70. The van der Waals surface area contributed by atoms with E-state index in [0.29, 0.717) is 32.1 Å². The molecule has 2 amide bonds. The van der Waals surface area contributed by atoms with Crippen LogP contribution in [-0.2, 0) is 17.5 Å². The van der Waals surface area contributed by atoms with Crippen LogP contribution in [0.2, 0.25) is 0 Å². The molecule has 2 aromatic heterocycles. The van der Waals surface area contributed by atoms with Crippen LogP contribution in [0.15, 0.2) is 41.2 Å². The SMILES string of the molecule is Cc1ccc(NC(=O)c2cc(CNC(=O)c3cc(N4CCOCC4)ncn3)no2)cc1C(F)(F)F. The fourth-order valence-corrected chi connectivity index (χ4v) is 3.40. The van der Waals surface area contributed by atoms with E-state index in [1.54, 1.807) is 6.07 Å². The Bertz CT molecular complexity index is 1220.